The molecular formula is C11H10BrFN4. The van der Waals surface area contributed by atoms with Gasteiger partial charge >= 0.3 is 0 Å². The fourth-order valence-corrected chi connectivity index (χ4v) is 1.73. The molecule has 0 amide bonds. The fraction of sp³-hybridized carbons (Fsp3) is 0.0909. The summed E-state index contributed by atoms with van der Waals surface area (Å²) in [6.45, 7) is 0.418. The number of rotatable bonds is 3. The fourth-order valence-electron chi connectivity index (χ4n) is 1.34. The lowest BCUT2D eigenvalue weighted by molar-refractivity contribution is 0.625. The van der Waals surface area contributed by atoms with E-state index < -0.39 is 0 Å². The summed E-state index contributed by atoms with van der Waals surface area (Å²) in [6.07, 6.45) is 3.05. The predicted octanol–water partition coefficient (Wildman–Crippen LogP) is 2.57. The predicted molar refractivity (Wildman–Crippen MR) is 67.9 cm³/mol. The van der Waals surface area contributed by atoms with Gasteiger partial charge in [-0.25, -0.2) is 14.4 Å². The zero-order valence-electron chi connectivity index (χ0n) is 8.82. The molecule has 0 spiro atoms. The molecule has 0 fully saturated rings. The lowest BCUT2D eigenvalue weighted by atomic mass is 10.2. The summed E-state index contributed by atoms with van der Waals surface area (Å²) in [5.41, 5.74) is 6.42. The van der Waals surface area contributed by atoms with E-state index in [9.17, 15) is 4.39 Å². The van der Waals surface area contributed by atoms with E-state index >= 15 is 0 Å². The van der Waals surface area contributed by atoms with Crippen LogP contribution in [0.25, 0.3) is 0 Å². The Morgan fingerprint density at radius 3 is 2.82 bits per heavy atom. The molecule has 1 heterocycles. The van der Waals surface area contributed by atoms with E-state index in [1.807, 2.05) is 0 Å². The molecule has 2 rings (SSSR count). The van der Waals surface area contributed by atoms with Crippen LogP contribution >= 0.6 is 15.9 Å². The largest absolute Gasteiger partial charge is 0.381 e. The van der Waals surface area contributed by atoms with E-state index in [4.69, 9.17) is 5.73 Å². The average Bonchev–Trinajstić information content (AvgIpc) is 2.32. The second-order valence-electron chi connectivity index (χ2n) is 3.38. The molecule has 0 aliphatic rings. The maximum Gasteiger partial charge on any atom is 0.169 e. The van der Waals surface area contributed by atoms with Crippen molar-refractivity contribution in [1.82, 2.24) is 9.97 Å². The summed E-state index contributed by atoms with van der Waals surface area (Å²) in [4.78, 5) is 7.94. The van der Waals surface area contributed by atoms with Gasteiger partial charge in [0.15, 0.2) is 11.6 Å². The van der Waals surface area contributed by atoms with Crippen molar-refractivity contribution in [3.8, 4) is 0 Å². The van der Waals surface area contributed by atoms with Crippen molar-refractivity contribution in [1.29, 1.82) is 0 Å². The topological polar surface area (TPSA) is 63.8 Å². The number of nitrogen functional groups attached to an aromatic ring is 1. The highest BCUT2D eigenvalue weighted by Gasteiger charge is 2.04. The molecule has 17 heavy (non-hydrogen) atoms. The summed E-state index contributed by atoms with van der Waals surface area (Å²) >= 11 is 3.35. The quantitative estimate of drug-likeness (QED) is 0.914. The molecule has 0 saturated carbocycles. The minimum atomic E-state index is -0.280. The van der Waals surface area contributed by atoms with Crippen LogP contribution in [0.5, 0.6) is 0 Å². The molecule has 3 N–H and O–H groups in total. The van der Waals surface area contributed by atoms with Crippen molar-refractivity contribution in [3.05, 3.63) is 46.4 Å². The first-order chi connectivity index (χ1) is 8.16. The number of hydrogen-bond donors (Lipinski definition) is 2. The Bertz CT molecular complexity index is 533. The van der Waals surface area contributed by atoms with Crippen LogP contribution in [0.15, 0.2) is 35.1 Å². The van der Waals surface area contributed by atoms with Crippen LogP contribution in [0, 0.1) is 5.82 Å². The van der Waals surface area contributed by atoms with E-state index in [1.54, 1.807) is 12.3 Å². The number of aromatic nitrogens is 2. The number of benzene rings is 1. The van der Waals surface area contributed by atoms with Gasteiger partial charge < -0.3 is 11.1 Å². The Morgan fingerprint density at radius 1 is 1.29 bits per heavy atom. The van der Waals surface area contributed by atoms with E-state index in [2.05, 4.69) is 31.2 Å². The molecule has 2 aromatic rings. The van der Waals surface area contributed by atoms with Crippen molar-refractivity contribution in [2.75, 3.05) is 11.1 Å². The van der Waals surface area contributed by atoms with Gasteiger partial charge in [-0.1, -0.05) is 15.9 Å². The molecule has 1 aromatic carbocycles. The Balaban J connectivity index is 2.12. The number of nitrogens with one attached hydrogen (secondary N) is 1. The van der Waals surface area contributed by atoms with Crippen LogP contribution in [0.1, 0.15) is 5.56 Å². The molecule has 0 aliphatic heterocycles. The smallest absolute Gasteiger partial charge is 0.169 e. The van der Waals surface area contributed by atoms with Gasteiger partial charge in [-0.3, -0.25) is 0 Å². The van der Waals surface area contributed by atoms with Crippen LogP contribution in [0.4, 0.5) is 16.0 Å². The SMILES string of the molecule is Nc1nccnc1NCc1cc(F)ccc1Br. The minimum Gasteiger partial charge on any atom is -0.381 e. The standard InChI is InChI=1S/C11H10BrFN4/c12-9-2-1-8(13)5-7(9)6-17-11-10(14)15-3-4-16-11/h1-5H,6H2,(H2,14,15)(H,16,17). The monoisotopic (exact) mass is 296 g/mol. The molecule has 6 heteroatoms. The van der Waals surface area contributed by atoms with Crippen molar-refractivity contribution in [3.63, 3.8) is 0 Å². The molecule has 0 unspecified atom stereocenters. The van der Waals surface area contributed by atoms with Gasteiger partial charge in [0.1, 0.15) is 5.82 Å². The van der Waals surface area contributed by atoms with Crippen LogP contribution < -0.4 is 11.1 Å². The van der Waals surface area contributed by atoms with E-state index in [0.717, 1.165) is 10.0 Å². The third kappa shape index (κ3) is 2.91. The first-order valence-corrected chi connectivity index (χ1v) is 5.70. The second kappa shape index (κ2) is 5.09. The zero-order valence-corrected chi connectivity index (χ0v) is 10.4. The van der Waals surface area contributed by atoms with Crippen LogP contribution in [-0.2, 0) is 6.54 Å². The highest BCUT2D eigenvalue weighted by atomic mass is 79.9. The lowest BCUT2D eigenvalue weighted by Gasteiger charge is -2.08. The van der Waals surface area contributed by atoms with E-state index in [-0.39, 0.29) is 5.82 Å². The number of anilines is 2. The maximum absolute atomic E-state index is 13.1. The molecule has 0 bridgehead atoms. The molecule has 4 nitrogen and oxygen atoms in total. The molecule has 1 aromatic heterocycles. The van der Waals surface area contributed by atoms with Crippen LogP contribution in [0.2, 0.25) is 0 Å². The Labute approximate surface area is 106 Å². The summed E-state index contributed by atoms with van der Waals surface area (Å²) in [6, 6.07) is 4.50. The number of nitrogens with zero attached hydrogens (tertiary/aromatic N) is 2. The van der Waals surface area contributed by atoms with Gasteiger partial charge in [0, 0.05) is 23.4 Å². The van der Waals surface area contributed by atoms with Gasteiger partial charge in [0.2, 0.25) is 0 Å². The van der Waals surface area contributed by atoms with Gasteiger partial charge in [-0.2, -0.15) is 0 Å². The van der Waals surface area contributed by atoms with E-state index in [1.165, 1.54) is 18.3 Å². The van der Waals surface area contributed by atoms with E-state index in [0.29, 0.717) is 18.2 Å². The van der Waals surface area contributed by atoms with Crippen LogP contribution in [0.3, 0.4) is 0 Å². The first kappa shape index (κ1) is 11.8. The third-order valence-electron chi connectivity index (χ3n) is 2.18. The van der Waals surface area contributed by atoms with Gasteiger partial charge in [0.05, 0.1) is 0 Å². The Hall–Kier alpha value is -1.69. The normalized spacial score (nSPS) is 10.2. The number of hydrogen-bond acceptors (Lipinski definition) is 4. The van der Waals surface area contributed by atoms with Crippen molar-refractivity contribution in [2.24, 2.45) is 0 Å². The van der Waals surface area contributed by atoms with Crippen molar-refractivity contribution < 1.29 is 4.39 Å². The average molecular weight is 297 g/mol. The summed E-state index contributed by atoms with van der Waals surface area (Å²) in [7, 11) is 0. The Kier molecular flexibility index (Phi) is 3.53. The van der Waals surface area contributed by atoms with Gasteiger partial charge in [-0.05, 0) is 23.8 Å². The summed E-state index contributed by atoms with van der Waals surface area (Å²) < 4.78 is 13.9. The molecule has 0 aliphatic carbocycles. The third-order valence-corrected chi connectivity index (χ3v) is 2.95. The number of nitrogens with two attached hydrogens (primary N) is 1. The molecule has 88 valence electrons. The maximum atomic E-state index is 13.1. The van der Waals surface area contributed by atoms with Crippen LogP contribution in [-0.4, -0.2) is 9.97 Å². The number of halogens is 2. The highest BCUT2D eigenvalue weighted by molar-refractivity contribution is 9.10. The van der Waals surface area contributed by atoms with Gasteiger partial charge in [-0.15, -0.1) is 0 Å². The van der Waals surface area contributed by atoms with Crippen molar-refractivity contribution >= 4 is 27.6 Å². The molecular weight excluding hydrogens is 287 g/mol. The highest BCUT2D eigenvalue weighted by Crippen LogP contribution is 2.19. The zero-order chi connectivity index (χ0) is 12.3. The molecule has 0 radical (unpaired) electrons. The summed E-state index contributed by atoms with van der Waals surface area (Å²) in [5, 5.41) is 3.00. The second-order valence-corrected chi connectivity index (χ2v) is 4.23. The Morgan fingerprint density at radius 2 is 2.06 bits per heavy atom. The van der Waals surface area contributed by atoms with Gasteiger partial charge in [0.25, 0.3) is 0 Å². The summed E-state index contributed by atoms with van der Waals surface area (Å²) in [5.74, 6) is 0.529. The first-order valence-electron chi connectivity index (χ1n) is 4.91. The molecule has 0 atom stereocenters. The lowest BCUT2D eigenvalue weighted by Crippen LogP contribution is -2.06. The molecule has 0 saturated heterocycles. The minimum absolute atomic E-state index is 0.280. The van der Waals surface area contributed by atoms with Crippen molar-refractivity contribution in [2.45, 2.75) is 6.54 Å².